The smallest absolute Gasteiger partial charge is 0.0897 e. The predicted octanol–water partition coefficient (Wildman–Crippen LogP) is 2.76. The van der Waals surface area contributed by atoms with Crippen LogP contribution in [-0.4, -0.2) is 11.0 Å². The van der Waals surface area contributed by atoms with Crippen molar-refractivity contribution >= 4 is 11.3 Å². The Kier molecular flexibility index (Phi) is 3.67. The van der Waals surface area contributed by atoms with E-state index in [-0.39, 0.29) is 11.5 Å². The fourth-order valence-corrected chi connectivity index (χ4v) is 1.91. The second-order valence-corrected chi connectivity index (χ2v) is 5.93. The third-order valence-corrected chi connectivity index (χ3v) is 3.31. The van der Waals surface area contributed by atoms with Crippen molar-refractivity contribution in [2.24, 2.45) is 11.1 Å². The van der Waals surface area contributed by atoms with Crippen LogP contribution in [0.4, 0.5) is 0 Å². The molecule has 0 aliphatic heterocycles. The van der Waals surface area contributed by atoms with Crippen molar-refractivity contribution in [1.82, 2.24) is 4.98 Å². The number of rotatable bonds is 3. The van der Waals surface area contributed by atoms with Crippen LogP contribution in [0, 0.1) is 12.3 Å². The van der Waals surface area contributed by atoms with Gasteiger partial charge >= 0.3 is 0 Å². The lowest BCUT2D eigenvalue weighted by atomic mass is 9.84. The number of nitrogens with two attached hydrogens (primary N) is 1. The second-order valence-electron chi connectivity index (χ2n) is 4.87. The van der Waals surface area contributed by atoms with E-state index in [4.69, 9.17) is 5.73 Å². The van der Waals surface area contributed by atoms with Crippen molar-refractivity contribution in [2.75, 3.05) is 0 Å². The first kappa shape index (κ1) is 11.7. The third-order valence-electron chi connectivity index (χ3n) is 2.49. The number of hydrogen-bond donors (Lipinski definition) is 1. The molecule has 0 spiro atoms. The summed E-state index contributed by atoms with van der Waals surface area (Å²) in [5.41, 5.74) is 7.47. The van der Waals surface area contributed by atoms with Gasteiger partial charge in [0.15, 0.2) is 0 Å². The lowest BCUT2D eigenvalue weighted by Gasteiger charge is -2.26. The van der Waals surface area contributed by atoms with Crippen LogP contribution in [0.15, 0.2) is 5.38 Å². The monoisotopic (exact) mass is 212 g/mol. The predicted molar refractivity (Wildman–Crippen MR) is 62.6 cm³/mol. The Morgan fingerprint density at radius 1 is 1.50 bits per heavy atom. The van der Waals surface area contributed by atoms with E-state index < -0.39 is 0 Å². The van der Waals surface area contributed by atoms with Crippen LogP contribution in [0.3, 0.4) is 0 Å². The Bertz CT molecular complexity index is 286. The van der Waals surface area contributed by atoms with Crippen molar-refractivity contribution in [3.05, 3.63) is 16.1 Å². The maximum atomic E-state index is 6.08. The number of aromatic nitrogens is 1. The Morgan fingerprint density at radius 3 is 2.57 bits per heavy atom. The minimum Gasteiger partial charge on any atom is -0.327 e. The fourth-order valence-electron chi connectivity index (χ4n) is 1.26. The molecule has 2 N–H and O–H groups in total. The Morgan fingerprint density at radius 2 is 2.14 bits per heavy atom. The molecule has 0 aliphatic rings. The zero-order chi connectivity index (χ0) is 10.8. The molecular weight excluding hydrogens is 192 g/mol. The zero-order valence-corrected chi connectivity index (χ0v) is 10.3. The highest BCUT2D eigenvalue weighted by Gasteiger charge is 2.20. The SMILES string of the molecule is Cc1nc(CCC(N)C(C)(C)C)cs1. The van der Waals surface area contributed by atoms with Gasteiger partial charge in [-0.3, -0.25) is 0 Å². The van der Waals surface area contributed by atoms with E-state index in [0.29, 0.717) is 0 Å². The van der Waals surface area contributed by atoms with Gasteiger partial charge < -0.3 is 5.73 Å². The molecule has 2 nitrogen and oxygen atoms in total. The highest BCUT2D eigenvalue weighted by molar-refractivity contribution is 7.09. The van der Waals surface area contributed by atoms with E-state index in [1.165, 1.54) is 5.69 Å². The quantitative estimate of drug-likeness (QED) is 0.836. The topological polar surface area (TPSA) is 38.9 Å². The van der Waals surface area contributed by atoms with Crippen molar-refractivity contribution in [3.63, 3.8) is 0 Å². The molecule has 14 heavy (non-hydrogen) atoms. The summed E-state index contributed by atoms with van der Waals surface area (Å²) in [4.78, 5) is 4.43. The minimum absolute atomic E-state index is 0.199. The molecule has 0 aliphatic carbocycles. The van der Waals surface area contributed by atoms with E-state index in [1.807, 2.05) is 6.92 Å². The number of hydrogen-bond acceptors (Lipinski definition) is 3. The number of aryl methyl sites for hydroxylation is 2. The van der Waals surface area contributed by atoms with Crippen molar-refractivity contribution in [2.45, 2.75) is 46.6 Å². The lowest BCUT2D eigenvalue weighted by molar-refractivity contribution is 0.305. The summed E-state index contributed by atoms with van der Waals surface area (Å²) in [5, 5.41) is 3.27. The first-order valence-corrected chi connectivity index (χ1v) is 5.94. The molecule has 1 aromatic heterocycles. The van der Waals surface area contributed by atoms with Crippen molar-refractivity contribution in [1.29, 1.82) is 0 Å². The zero-order valence-electron chi connectivity index (χ0n) is 9.50. The molecule has 1 heterocycles. The summed E-state index contributed by atoms with van der Waals surface area (Å²) in [7, 11) is 0. The molecule has 3 heteroatoms. The highest BCUT2D eigenvalue weighted by Crippen LogP contribution is 2.21. The molecule has 1 atom stereocenters. The van der Waals surface area contributed by atoms with Crippen molar-refractivity contribution in [3.8, 4) is 0 Å². The molecule has 1 rings (SSSR count). The van der Waals surface area contributed by atoms with Crippen LogP contribution < -0.4 is 5.73 Å². The van der Waals surface area contributed by atoms with Crippen LogP contribution in [-0.2, 0) is 6.42 Å². The highest BCUT2D eigenvalue weighted by atomic mass is 32.1. The van der Waals surface area contributed by atoms with Crippen LogP contribution in [0.5, 0.6) is 0 Å². The first-order chi connectivity index (χ1) is 6.39. The maximum absolute atomic E-state index is 6.08. The summed E-state index contributed by atoms with van der Waals surface area (Å²) >= 11 is 1.71. The van der Waals surface area contributed by atoms with Crippen LogP contribution >= 0.6 is 11.3 Å². The standard InChI is InChI=1S/C11H20N2S/c1-8-13-9(7-14-8)5-6-10(12)11(2,3)4/h7,10H,5-6,12H2,1-4H3. The largest absolute Gasteiger partial charge is 0.327 e. The molecule has 0 saturated heterocycles. The van der Waals surface area contributed by atoms with Crippen LogP contribution in [0.25, 0.3) is 0 Å². The average Bonchev–Trinajstić information content (AvgIpc) is 2.45. The van der Waals surface area contributed by atoms with Gasteiger partial charge in [0.2, 0.25) is 0 Å². The Balaban J connectivity index is 2.41. The maximum Gasteiger partial charge on any atom is 0.0897 e. The summed E-state index contributed by atoms with van der Waals surface area (Å²) < 4.78 is 0. The van der Waals surface area contributed by atoms with E-state index in [1.54, 1.807) is 11.3 Å². The van der Waals surface area contributed by atoms with Gasteiger partial charge in [-0.05, 0) is 25.2 Å². The normalized spacial score (nSPS) is 14.4. The number of thiazole rings is 1. The fraction of sp³-hybridized carbons (Fsp3) is 0.727. The summed E-state index contributed by atoms with van der Waals surface area (Å²) in [6.45, 7) is 8.59. The molecule has 0 fully saturated rings. The van der Waals surface area contributed by atoms with Gasteiger partial charge in [-0.2, -0.15) is 0 Å². The molecule has 0 aromatic carbocycles. The summed E-state index contributed by atoms with van der Waals surface area (Å²) in [5.74, 6) is 0. The van der Waals surface area contributed by atoms with Crippen LogP contribution in [0.1, 0.15) is 37.9 Å². The second kappa shape index (κ2) is 4.41. The molecular formula is C11H20N2S. The van der Waals surface area contributed by atoms with E-state index >= 15 is 0 Å². The van der Waals surface area contributed by atoms with E-state index in [9.17, 15) is 0 Å². The van der Waals surface area contributed by atoms with Gasteiger partial charge in [0.1, 0.15) is 0 Å². The molecule has 0 amide bonds. The lowest BCUT2D eigenvalue weighted by Crippen LogP contribution is -2.35. The van der Waals surface area contributed by atoms with E-state index in [0.717, 1.165) is 17.8 Å². The molecule has 0 saturated carbocycles. The van der Waals surface area contributed by atoms with Gasteiger partial charge in [0, 0.05) is 11.4 Å². The third kappa shape index (κ3) is 3.39. The van der Waals surface area contributed by atoms with E-state index in [2.05, 4.69) is 31.1 Å². The number of nitrogens with zero attached hydrogens (tertiary/aromatic N) is 1. The first-order valence-electron chi connectivity index (χ1n) is 5.06. The minimum atomic E-state index is 0.199. The van der Waals surface area contributed by atoms with Crippen molar-refractivity contribution < 1.29 is 0 Å². The molecule has 0 radical (unpaired) electrons. The summed E-state index contributed by atoms with van der Waals surface area (Å²) in [6, 6.07) is 0.254. The van der Waals surface area contributed by atoms with Gasteiger partial charge in [-0.1, -0.05) is 20.8 Å². The molecule has 80 valence electrons. The Labute approximate surface area is 90.6 Å². The van der Waals surface area contributed by atoms with Crippen LogP contribution in [0.2, 0.25) is 0 Å². The Hall–Kier alpha value is -0.410. The van der Waals surface area contributed by atoms with Gasteiger partial charge in [0.25, 0.3) is 0 Å². The summed E-state index contributed by atoms with van der Waals surface area (Å²) in [6.07, 6.45) is 2.02. The van der Waals surface area contributed by atoms with Gasteiger partial charge in [0.05, 0.1) is 10.7 Å². The van der Waals surface area contributed by atoms with Gasteiger partial charge in [-0.25, -0.2) is 4.98 Å². The molecule has 1 unspecified atom stereocenters. The van der Waals surface area contributed by atoms with Gasteiger partial charge in [-0.15, -0.1) is 11.3 Å². The molecule has 0 bridgehead atoms. The average molecular weight is 212 g/mol. The molecule has 1 aromatic rings.